The molecule has 0 atom stereocenters. The predicted octanol–water partition coefficient (Wildman–Crippen LogP) is 21.0. The van der Waals surface area contributed by atoms with Crippen LogP contribution in [0.3, 0.4) is 0 Å². The van der Waals surface area contributed by atoms with Crippen LogP contribution in [0.1, 0.15) is 283 Å². The van der Waals surface area contributed by atoms with Crippen LogP contribution in [-0.4, -0.2) is 31.1 Å². The lowest BCUT2D eigenvalue weighted by Crippen LogP contribution is -2.44. The highest BCUT2D eigenvalue weighted by molar-refractivity contribution is 6.76. The van der Waals surface area contributed by atoms with Crippen LogP contribution in [-0.2, 0) is 0 Å². The average molecular weight is 839 g/mol. The van der Waals surface area contributed by atoms with Crippen molar-refractivity contribution in [1.29, 1.82) is 0 Å². The molecule has 58 heavy (non-hydrogen) atoms. The quantitative estimate of drug-likeness (QED) is 0.134. The van der Waals surface area contributed by atoms with Crippen LogP contribution in [0, 0.1) is 27.1 Å². The third-order valence-corrected chi connectivity index (χ3v) is 14.7. The molecule has 1 nitrogen and oxygen atoms in total. The standard InChI is InChI=1S/C10H22.C9H19N.C9H18.C7H18Si.C6H10.C6H14.C5H10.C4H10.H2/c1-9(2,3)7-8-10(4,5)6;1-8(2)6-7-9(3,4)10(8)5;1-8(2)5-6-9(3,4)7-8;1-5-6-7-8(2,3)4;1-5-3-4-6(5)2;1-3-5-6-4-2;1-5(2)3-4-5;1-3-4-2;/h7-8H2,1-6H3;6-7H2,1-5H3;5-7H2,1-4H3;5-7H2,1-4H3;3-4H2,1-2H3;3-6H2,1-2H3;3-4H2,1-2H3;3-4H2,1-2H3;1H. The molecule has 3 fully saturated rings. The molecule has 2 saturated carbocycles. The highest BCUT2D eigenvalue weighted by Crippen LogP contribution is 2.48. The van der Waals surface area contributed by atoms with Crippen molar-refractivity contribution >= 4 is 8.07 Å². The van der Waals surface area contributed by atoms with Crippen LogP contribution in [0.2, 0.25) is 25.7 Å². The third-order valence-electron chi connectivity index (χ3n) is 12.8. The van der Waals surface area contributed by atoms with Gasteiger partial charge in [0.15, 0.2) is 0 Å². The van der Waals surface area contributed by atoms with Crippen LogP contribution < -0.4 is 0 Å². The molecule has 1 heterocycles. The second-order valence-electron chi connectivity index (χ2n) is 26.4. The Morgan fingerprint density at radius 2 is 0.776 bits per heavy atom. The van der Waals surface area contributed by atoms with Gasteiger partial charge in [-0.15, -0.1) is 0 Å². The maximum Gasteiger partial charge on any atom is 0.0442 e. The molecule has 0 amide bonds. The van der Waals surface area contributed by atoms with E-state index in [0.29, 0.717) is 32.7 Å². The molecule has 0 radical (unpaired) electrons. The maximum atomic E-state index is 2.49. The fourth-order valence-corrected chi connectivity index (χ4v) is 8.16. The molecule has 356 valence electrons. The van der Waals surface area contributed by atoms with Crippen molar-refractivity contribution in [3.05, 3.63) is 11.1 Å². The van der Waals surface area contributed by atoms with Crippen molar-refractivity contribution < 1.29 is 1.43 Å². The first kappa shape index (κ1) is 64.5. The molecule has 1 saturated heterocycles. The Morgan fingerprint density at radius 3 is 0.862 bits per heavy atom. The van der Waals surface area contributed by atoms with Gasteiger partial charge in [0.05, 0.1) is 0 Å². The third kappa shape index (κ3) is 44.0. The van der Waals surface area contributed by atoms with E-state index in [1.165, 1.54) is 128 Å². The molecule has 4 aliphatic rings. The van der Waals surface area contributed by atoms with Gasteiger partial charge in [0.25, 0.3) is 0 Å². The van der Waals surface area contributed by atoms with Gasteiger partial charge < -0.3 is 0 Å². The molecule has 0 aromatic heterocycles. The van der Waals surface area contributed by atoms with E-state index in [4.69, 9.17) is 0 Å². The molecule has 0 spiro atoms. The zero-order chi connectivity index (χ0) is 46.9. The molecule has 0 aromatic rings. The Balaban J connectivity index is -0.000000191. The molecule has 0 aromatic carbocycles. The van der Waals surface area contributed by atoms with Crippen LogP contribution in [0.25, 0.3) is 0 Å². The van der Waals surface area contributed by atoms with E-state index < -0.39 is 8.07 Å². The summed E-state index contributed by atoms with van der Waals surface area (Å²) in [5.41, 5.74) is 7.07. The number of hydrogen-bond donors (Lipinski definition) is 0. The zero-order valence-corrected chi connectivity index (χ0v) is 47.6. The van der Waals surface area contributed by atoms with Crippen LogP contribution in [0.15, 0.2) is 11.1 Å². The minimum Gasteiger partial charge on any atom is -0.296 e. The van der Waals surface area contributed by atoms with Gasteiger partial charge in [-0.25, -0.2) is 0 Å². The first-order chi connectivity index (χ1) is 25.9. The van der Waals surface area contributed by atoms with E-state index in [1.54, 1.807) is 11.1 Å². The van der Waals surface area contributed by atoms with Gasteiger partial charge >= 0.3 is 0 Å². The summed E-state index contributed by atoms with van der Waals surface area (Å²) in [5, 5.41) is 0. The smallest absolute Gasteiger partial charge is 0.0442 e. The van der Waals surface area contributed by atoms with Gasteiger partial charge in [-0.1, -0.05) is 206 Å². The molecule has 4 rings (SSSR count). The number of likely N-dealkylation sites (tertiary alicyclic amines) is 1. The molecule has 0 bridgehead atoms. The second-order valence-corrected chi connectivity index (χ2v) is 32.0. The number of nitrogens with zero attached hydrogens (tertiary/aromatic N) is 1. The van der Waals surface area contributed by atoms with Crippen LogP contribution in [0.5, 0.6) is 0 Å². The maximum absolute atomic E-state index is 2.49. The highest BCUT2D eigenvalue weighted by atomic mass is 28.3. The first-order valence-corrected chi connectivity index (χ1v) is 29.0. The fraction of sp³-hybridized carbons (Fsp3) is 0.964. The molecule has 2 heteroatoms. The molecular formula is C56H123NSi. The number of rotatable bonds is 8. The van der Waals surface area contributed by atoms with Gasteiger partial charge in [0.1, 0.15) is 0 Å². The summed E-state index contributed by atoms with van der Waals surface area (Å²) in [4.78, 5) is 2.49. The van der Waals surface area contributed by atoms with Crippen molar-refractivity contribution in [2.75, 3.05) is 7.05 Å². The van der Waals surface area contributed by atoms with E-state index in [-0.39, 0.29) is 1.43 Å². The SMILES string of the molecule is CC(C)(C)CCC(C)(C)C.CC1(C)CC1.CC1(C)CCC(C)(C)C1.CC1=C(C)CC1.CCCC.CCCCCC.CCCC[Si](C)(C)C.CN1C(C)(C)CCC1(C)C.[HH]. The van der Waals surface area contributed by atoms with E-state index >= 15 is 0 Å². The number of unbranched alkanes of at least 4 members (excludes halogenated alkanes) is 5. The summed E-state index contributed by atoms with van der Waals surface area (Å²) in [5.74, 6) is 0. The van der Waals surface area contributed by atoms with Crippen molar-refractivity contribution in [2.45, 2.75) is 318 Å². The Kier molecular flexibility index (Phi) is 33.5. The average Bonchev–Trinajstić information content (AvgIpc) is 3.66. The van der Waals surface area contributed by atoms with Gasteiger partial charge in [-0.05, 0) is 146 Å². The van der Waals surface area contributed by atoms with Crippen molar-refractivity contribution in [3.63, 3.8) is 0 Å². The summed E-state index contributed by atoms with van der Waals surface area (Å²) in [6, 6.07) is 1.50. The van der Waals surface area contributed by atoms with Crippen LogP contribution in [0.4, 0.5) is 0 Å². The lowest BCUT2D eigenvalue weighted by molar-refractivity contribution is 0.115. The van der Waals surface area contributed by atoms with Crippen LogP contribution >= 0.6 is 0 Å². The van der Waals surface area contributed by atoms with E-state index in [1.807, 2.05) is 0 Å². The Labute approximate surface area is 376 Å². The lowest BCUT2D eigenvalue weighted by Gasteiger charge is -2.36. The zero-order valence-electron chi connectivity index (χ0n) is 46.6. The van der Waals surface area contributed by atoms with Crippen molar-refractivity contribution in [2.24, 2.45) is 27.1 Å². The van der Waals surface area contributed by atoms with Gasteiger partial charge in [0, 0.05) is 20.6 Å². The highest BCUT2D eigenvalue weighted by Gasteiger charge is 2.41. The molecule has 1 aliphatic heterocycles. The second kappa shape index (κ2) is 30.1. The largest absolute Gasteiger partial charge is 0.296 e. The minimum absolute atomic E-state index is 0. The summed E-state index contributed by atoms with van der Waals surface area (Å²) < 4.78 is 0. The van der Waals surface area contributed by atoms with Crippen molar-refractivity contribution in [1.82, 2.24) is 4.90 Å². The lowest BCUT2D eigenvalue weighted by atomic mass is 9.81. The summed E-state index contributed by atoms with van der Waals surface area (Å²) in [7, 11) is 1.55. The topological polar surface area (TPSA) is 3.24 Å². The number of allylic oxidation sites excluding steroid dienone is 2. The Bertz CT molecular complexity index is 940. The summed E-state index contributed by atoms with van der Waals surface area (Å²) in [6.07, 6.45) is 26.1. The monoisotopic (exact) mass is 838 g/mol. The summed E-state index contributed by atoms with van der Waals surface area (Å²) in [6.45, 7) is 60.0. The Hall–Kier alpha value is -0.0831. The minimum atomic E-state index is -0.678. The predicted molar refractivity (Wildman–Crippen MR) is 281 cm³/mol. The Morgan fingerprint density at radius 1 is 0.483 bits per heavy atom. The number of hydrogen-bond acceptors (Lipinski definition) is 1. The van der Waals surface area contributed by atoms with Gasteiger partial charge in [-0.2, -0.15) is 0 Å². The molecule has 0 unspecified atom stereocenters. The van der Waals surface area contributed by atoms with Crippen molar-refractivity contribution in [3.8, 4) is 0 Å². The van der Waals surface area contributed by atoms with E-state index in [2.05, 4.69) is 191 Å². The van der Waals surface area contributed by atoms with E-state index in [9.17, 15) is 0 Å². The molecule has 0 N–H and O–H groups in total. The van der Waals surface area contributed by atoms with E-state index in [0.717, 1.165) is 5.41 Å². The summed E-state index contributed by atoms with van der Waals surface area (Å²) >= 11 is 0. The molecule has 3 aliphatic carbocycles. The normalized spacial score (nSPS) is 20.3. The fourth-order valence-electron chi connectivity index (χ4n) is 6.75. The molecular weight excluding hydrogens is 715 g/mol. The van der Waals surface area contributed by atoms with Gasteiger partial charge in [0.2, 0.25) is 0 Å². The first-order valence-electron chi connectivity index (χ1n) is 25.3. The van der Waals surface area contributed by atoms with Gasteiger partial charge in [-0.3, -0.25) is 4.90 Å².